The lowest BCUT2D eigenvalue weighted by Crippen LogP contribution is -2.32. The maximum absolute atomic E-state index is 11.1. The lowest BCUT2D eigenvalue weighted by molar-refractivity contribution is 0.559. The van der Waals surface area contributed by atoms with Gasteiger partial charge in [0.15, 0.2) is 0 Å². The van der Waals surface area contributed by atoms with Gasteiger partial charge in [0.05, 0.1) is 5.75 Å². The number of nitrogens with one attached hydrogen (secondary N) is 1. The van der Waals surface area contributed by atoms with Crippen molar-refractivity contribution in [3.05, 3.63) is 34.3 Å². The SMILES string of the molecule is Cc1cc(Cl)ccc1CNC(C)CS(C)(=O)=O. The van der Waals surface area contributed by atoms with Crippen LogP contribution in [0, 0.1) is 6.92 Å². The van der Waals surface area contributed by atoms with Gasteiger partial charge in [-0.15, -0.1) is 0 Å². The summed E-state index contributed by atoms with van der Waals surface area (Å²) in [6, 6.07) is 5.64. The summed E-state index contributed by atoms with van der Waals surface area (Å²) in [6.07, 6.45) is 1.25. The number of benzene rings is 1. The average molecular weight is 276 g/mol. The zero-order valence-electron chi connectivity index (χ0n) is 10.3. The van der Waals surface area contributed by atoms with E-state index in [0.717, 1.165) is 16.1 Å². The van der Waals surface area contributed by atoms with Crippen LogP contribution in [0.4, 0.5) is 0 Å². The Morgan fingerprint density at radius 3 is 2.59 bits per heavy atom. The van der Waals surface area contributed by atoms with E-state index in [2.05, 4.69) is 5.32 Å². The van der Waals surface area contributed by atoms with E-state index in [1.807, 2.05) is 32.0 Å². The van der Waals surface area contributed by atoms with Gasteiger partial charge in [-0.2, -0.15) is 0 Å². The summed E-state index contributed by atoms with van der Waals surface area (Å²) in [6.45, 7) is 4.51. The summed E-state index contributed by atoms with van der Waals surface area (Å²) in [4.78, 5) is 0. The summed E-state index contributed by atoms with van der Waals surface area (Å²) in [5.74, 6) is 0.152. The standard InChI is InChI=1S/C12H18ClNO2S/c1-9-6-12(13)5-4-11(9)7-14-10(2)8-17(3,15)16/h4-6,10,14H,7-8H2,1-3H3. The average Bonchev–Trinajstić information content (AvgIpc) is 2.13. The molecule has 1 rings (SSSR count). The molecule has 0 amide bonds. The first-order chi connectivity index (χ1) is 7.78. The minimum absolute atomic E-state index is 0.0555. The molecule has 0 heterocycles. The molecule has 1 aromatic carbocycles. The summed E-state index contributed by atoms with van der Waals surface area (Å²) in [7, 11) is -2.93. The maximum Gasteiger partial charge on any atom is 0.148 e. The zero-order chi connectivity index (χ0) is 13.1. The number of rotatable bonds is 5. The molecule has 0 aromatic heterocycles. The predicted octanol–water partition coefficient (Wildman–Crippen LogP) is 2.17. The Morgan fingerprint density at radius 1 is 1.41 bits per heavy atom. The molecule has 3 nitrogen and oxygen atoms in total. The van der Waals surface area contributed by atoms with E-state index in [1.54, 1.807) is 0 Å². The van der Waals surface area contributed by atoms with Crippen molar-refractivity contribution in [2.45, 2.75) is 26.4 Å². The van der Waals surface area contributed by atoms with Crippen molar-refractivity contribution in [3.8, 4) is 0 Å². The summed E-state index contributed by atoms with van der Waals surface area (Å²) < 4.78 is 22.2. The summed E-state index contributed by atoms with van der Waals surface area (Å²) >= 11 is 5.87. The fourth-order valence-electron chi connectivity index (χ4n) is 1.65. The molecule has 0 saturated heterocycles. The third-order valence-corrected chi connectivity index (χ3v) is 3.84. The van der Waals surface area contributed by atoms with Crippen molar-refractivity contribution in [2.75, 3.05) is 12.0 Å². The van der Waals surface area contributed by atoms with Crippen LogP contribution < -0.4 is 5.32 Å². The van der Waals surface area contributed by atoms with Crippen LogP contribution in [0.25, 0.3) is 0 Å². The van der Waals surface area contributed by atoms with E-state index in [9.17, 15) is 8.42 Å². The number of sulfone groups is 1. The molecule has 0 aliphatic heterocycles. The highest BCUT2D eigenvalue weighted by Crippen LogP contribution is 2.15. The molecule has 0 aliphatic rings. The van der Waals surface area contributed by atoms with Gasteiger partial charge in [-0.05, 0) is 37.1 Å². The molecule has 0 spiro atoms. The third kappa shape index (κ3) is 5.52. The largest absolute Gasteiger partial charge is 0.309 e. The molecule has 1 unspecified atom stereocenters. The molecule has 17 heavy (non-hydrogen) atoms. The van der Waals surface area contributed by atoms with Crippen LogP contribution in [0.1, 0.15) is 18.1 Å². The Kier molecular flexibility index (Phi) is 4.98. The first-order valence-corrected chi connectivity index (χ1v) is 7.88. The third-order valence-electron chi connectivity index (χ3n) is 2.50. The monoisotopic (exact) mass is 275 g/mol. The first-order valence-electron chi connectivity index (χ1n) is 5.44. The van der Waals surface area contributed by atoms with E-state index in [-0.39, 0.29) is 11.8 Å². The van der Waals surface area contributed by atoms with Gasteiger partial charge in [-0.1, -0.05) is 17.7 Å². The predicted molar refractivity (Wildman–Crippen MR) is 72.2 cm³/mol. The second-order valence-electron chi connectivity index (χ2n) is 4.45. The topological polar surface area (TPSA) is 46.2 Å². The Labute approximate surface area is 108 Å². The van der Waals surface area contributed by atoms with Crippen molar-refractivity contribution in [1.29, 1.82) is 0 Å². The Morgan fingerprint density at radius 2 is 2.06 bits per heavy atom. The quantitative estimate of drug-likeness (QED) is 0.896. The van der Waals surface area contributed by atoms with Crippen molar-refractivity contribution in [2.24, 2.45) is 0 Å². The molecule has 5 heteroatoms. The minimum atomic E-state index is -2.93. The fourth-order valence-corrected chi connectivity index (χ4v) is 2.91. The van der Waals surface area contributed by atoms with Crippen LogP contribution in [-0.2, 0) is 16.4 Å². The van der Waals surface area contributed by atoms with Crippen LogP contribution in [0.5, 0.6) is 0 Å². The van der Waals surface area contributed by atoms with Gasteiger partial charge >= 0.3 is 0 Å². The van der Waals surface area contributed by atoms with Crippen LogP contribution in [0.15, 0.2) is 18.2 Å². The van der Waals surface area contributed by atoms with Crippen molar-refractivity contribution in [1.82, 2.24) is 5.32 Å². The van der Waals surface area contributed by atoms with E-state index in [4.69, 9.17) is 11.6 Å². The van der Waals surface area contributed by atoms with E-state index < -0.39 is 9.84 Å². The lowest BCUT2D eigenvalue weighted by Gasteiger charge is -2.14. The molecule has 1 aromatic rings. The van der Waals surface area contributed by atoms with Gasteiger partial charge in [-0.25, -0.2) is 8.42 Å². The van der Waals surface area contributed by atoms with E-state index in [0.29, 0.717) is 6.54 Å². The Hall–Kier alpha value is -0.580. The van der Waals surface area contributed by atoms with Crippen LogP contribution >= 0.6 is 11.6 Å². The van der Waals surface area contributed by atoms with Crippen molar-refractivity contribution in [3.63, 3.8) is 0 Å². The van der Waals surface area contributed by atoms with Gasteiger partial charge < -0.3 is 5.32 Å². The fraction of sp³-hybridized carbons (Fsp3) is 0.500. The van der Waals surface area contributed by atoms with Gasteiger partial charge in [0.25, 0.3) is 0 Å². The van der Waals surface area contributed by atoms with Crippen molar-refractivity contribution < 1.29 is 8.42 Å². The van der Waals surface area contributed by atoms with Gasteiger partial charge in [0.1, 0.15) is 9.84 Å². The molecule has 1 N–H and O–H groups in total. The molecule has 0 aliphatic carbocycles. The highest BCUT2D eigenvalue weighted by Gasteiger charge is 2.10. The Balaban J connectivity index is 2.56. The van der Waals surface area contributed by atoms with Crippen LogP contribution in [0.2, 0.25) is 5.02 Å². The molecule has 0 saturated carbocycles. The summed E-state index contributed by atoms with van der Waals surface area (Å²) in [5.41, 5.74) is 2.24. The van der Waals surface area contributed by atoms with Crippen molar-refractivity contribution >= 4 is 21.4 Å². The molecule has 96 valence electrons. The number of halogens is 1. The number of aryl methyl sites for hydroxylation is 1. The van der Waals surface area contributed by atoms with E-state index >= 15 is 0 Å². The second kappa shape index (κ2) is 5.85. The zero-order valence-corrected chi connectivity index (χ0v) is 11.9. The maximum atomic E-state index is 11.1. The molecular formula is C12H18ClNO2S. The highest BCUT2D eigenvalue weighted by atomic mass is 35.5. The molecule has 0 radical (unpaired) electrons. The first kappa shape index (κ1) is 14.5. The normalized spacial score (nSPS) is 13.6. The molecular weight excluding hydrogens is 258 g/mol. The number of hydrogen-bond acceptors (Lipinski definition) is 3. The van der Waals surface area contributed by atoms with Crippen LogP contribution in [0.3, 0.4) is 0 Å². The second-order valence-corrected chi connectivity index (χ2v) is 7.07. The van der Waals surface area contributed by atoms with Crippen LogP contribution in [-0.4, -0.2) is 26.5 Å². The molecule has 0 bridgehead atoms. The van der Waals surface area contributed by atoms with Gasteiger partial charge in [-0.3, -0.25) is 0 Å². The minimum Gasteiger partial charge on any atom is -0.309 e. The molecule has 0 fully saturated rings. The smallest absolute Gasteiger partial charge is 0.148 e. The summed E-state index contributed by atoms with van der Waals surface area (Å²) in [5, 5.41) is 3.91. The lowest BCUT2D eigenvalue weighted by atomic mass is 10.1. The molecule has 1 atom stereocenters. The highest BCUT2D eigenvalue weighted by molar-refractivity contribution is 7.90. The number of hydrogen-bond donors (Lipinski definition) is 1. The van der Waals surface area contributed by atoms with E-state index in [1.165, 1.54) is 6.26 Å². The van der Waals surface area contributed by atoms with Gasteiger partial charge in [0, 0.05) is 23.9 Å². The van der Waals surface area contributed by atoms with Gasteiger partial charge in [0.2, 0.25) is 0 Å². The Bertz CT molecular complexity index is 485.